The molecule has 1 fully saturated rings. The highest BCUT2D eigenvalue weighted by Gasteiger charge is 2.22. The van der Waals surface area contributed by atoms with E-state index in [2.05, 4.69) is 35.0 Å². The van der Waals surface area contributed by atoms with Gasteiger partial charge in [0.1, 0.15) is 5.75 Å². The predicted octanol–water partition coefficient (Wildman–Crippen LogP) is 4.82. The first kappa shape index (κ1) is 14.9. The highest BCUT2D eigenvalue weighted by atomic mass is 79.9. The molecule has 2 rings (SSSR count). The minimum absolute atomic E-state index is 0.164. The summed E-state index contributed by atoms with van der Waals surface area (Å²) in [7, 11) is 0. The number of ether oxygens (including phenoxy) is 1. The standard InChI is InChI=1S/C16H24BrNO/c1-2-10-19-15-9-8-13(11-14(15)17)16(18)12-6-4-3-5-7-12/h8-9,11-12,16H,2-7,10,18H2,1H3. The summed E-state index contributed by atoms with van der Waals surface area (Å²) in [6, 6.07) is 6.45. The van der Waals surface area contributed by atoms with Gasteiger partial charge in [-0.15, -0.1) is 0 Å². The maximum atomic E-state index is 6.43. The molecule has 1 unspecified atom stereocenters. The van der Waals surface area contributed by atoms with Crippen LogP contribution in [0.5, 0.6) is 5.75 Å². The second-order valence-corrected chi connectivity index (χ2v) is 6.32. The van der Waals surface area contributed by atoms with Gasteiger partial charge in [-0.25, -0.2) is 0 Å². The highest BCUT2D eigenvalue weighted by Crippen LogP contribution is 2.35. The molecule has 1 aliphatic carbocycles. The molecule has 0 heterocycles. The van der Waals surface area contributed by atoms with Crippen LogP contribution in [0.4, 0.5) is 0 Å². The maximum absolute atomic E-state index is 6.43. The topological polar surface area (TPSA) is 35.2 Å². The third-order valence-electron chi connectivity index (χ3n) is 3.96. The Balaban J connectivity index is 2.05. The summed E-state index contributed by atoms with van der Waals surface area (Å²) < 4.78 is 6.70. The molecular formula is C16H24BrNO. The SMILES string of the molecule is CCCOc1ccc(C(N)C2CCCCC2)cc1Br. The van der Waals surface area contributed by atoms with Gasteiger partial charge >= 0.3 is 0 Å². The lowest BCUT2D eigenvalue weighted by molar-refractivity contribution is 0.306. The Bertz CT molecular complexity index is 402. The highest BCUT2D eigenvalue weighted by molar-refractivity contribution is 9.10. The van der Waals surface area contributed by atoms with Crippen LogP contribution in [0.1, 0.15) is 57.1 Å². The summed E-state index contributed by atoms with van der Waals surface area (Å²) in [4.78, 5) is 0. The fourth-order valence-electron chi connectivity index (χ4n) is 2.82. The minimum Gasteiger partial charge on any atom is -0.492 e. The van der Waals surface area contributed by atoms with Crippen LogP contribution in [0.3, 0.4) is 0 Å². The second kappa shape index (κ2) is 7.30. The third-order valence-corrected chi connectivity index (χ3v) is 4.58. The van der Waals surface area contributed by atoms with E-state index in [1.165, 1.54) is 37.7 Å². The molecule has 0 bridgehead atoms. The van der Waals surface area contributed by atoms with E-state index in [0.29, 0.717) is 5.92 Å². The van der Waals surface area contributed by atoms with E-state index in [4.69, 9.17) is 10.5 Å². The number of halogens is 1. The number of hydrogen-bond donors (Lipinski definition) is 1. The Kier molecular flexibility index (Phi) is 5.71. The van der Waals surface area contributed by atoms with Gasteiger partial charge in [0.25, 0.3) is 0 Å². The Morgan fingerprint density at radius 1 is 1.32 bits per heavy atom. The van der Waals surface area contributed by atoms with E-state index in [1.807, 2.05) is 6.07 Å². The molecular weight excluding hydrogens is 302 g/mol. The monoisotopic (exact) mass is 325 g/mol. The van der Waals surface area contributed by atoms with Crippen LogP contribution < -0.4 is 10.5 Å². The van der Waals surface area contributed by atoms with Crippen molar-refractivity contribution in [2.45, 2.75) is 51.5 Å². The van der Waals surface area contributed by atoms with Gasteiger partial charge in [-0.2, -0.15) is 0 Å². The van der Waals surface area contributed by atoms with Gasteiger partial charge in [-0.05, 0) is 58.8 Å². The smallest absolute Gasteiger partial charge is 0.133 e. The fraction of sp³-hybridized carbons (Fsp3) is 0.625. The molecule has 1 aliphatic rings. The molecule has 0 aromatic heterocycles. The average molecular weight is 326 g/mol. The van der Waals surface area contributed by atoms with Crippen molar-refractivity contribution < 1.29 is 4.74 Å². The molecule has 106 valence electrons. The molecule has 0 spiro atoms. The molecule has 3 heteroatoms. The Hall–Kier alpha value is -0.540. The predicted molar refractivity (Wildman–Crippen MR) is 83.4 cm³/mol. The zero-order valence-corrected chi connectivity index (χ0v) is 13.3. The summed E-state index contributed by atoms with van der Waals surface area (Å²) in [5, 5.41) is 0. The maximum Gasteiger partial charge on any atom is 0.133 e. The average Bonchev–Trinajstić information content (AvgIpc) is 2.46. The van der Waals surface area contributed by atoms with Crippen molar-refractivity contribution in [2.24, 2.45) is 11.7 Å². The lowest BCUT2D eigenvalue weighted by atomic mass is 9.81. The van der Waals surface area contributed by atoms with Crippen molar-refractivity contribution in [1.82, 2.24) is 0 Å². The van der Waals surface area contributed by atoms with Crippen molar-refractivity contribution in [3.05, 3.63) is 28.2 Å². The zero-order chi connectivity index (χ0) is 13.7. The molecule has 0 radical (unpaired) electrons. The van der Waals surface area contributed by atoms with Gasteiger partial charge in [0.05, 0.1) is 11.1 Å². The quantitative estimate of drug-likeness (QED) is 0.842. The molecule has 1 saturated carbocycles. The Labute approximate surface area is 124 Å². The van der Waals surface area contributed by atoms with E-state index in [9.17, 15) is 0 Å². The van der Waals surface area contributed by atoms with Gasteiger partial charge < -0.3 is 10.5 Å². The van der Waals surface area contributed by atoms with Crippen LogP contribution in [0.2, 0.25) is 0 Å². The van der Waals surface area contributed by atoms with Crippen LogP contribution in [0, 0.1) is 5.92 Å². The van der Waals surface area contributed by atoms with Crippen LogP contribution >= 0.6 is 15.9 Å². The van der Waals surface area contributed by atoms with Gasteiger partial charge in [0.2, 0.25) is 0 Å². The first-order chi connectivity index (χ1) is 9.22. The molecule has 0 aliphatic heterocycles. The number of nitrogens with two attached hydrogens (primary N) is 1. The summed E-state index contributed by atoms with van der Waals surface area (Å²) >= 11 is 3.59. The summed E-state index contributed by atoms with van der Waals surface area (Å²) in [5.74, 6) is 1.56. The normalized spacial score (nSPS) is 18.3. The van der Waals surface area contributed by atoms with Crippen LogP contribution in [-0.4, -0.2) is 6.61 Å². The van der Waals surface area contributed by atoms with E-state index >= 15 is 0 Å². The first-order valence-corrected chi connectivity index (χ1v) is 8.19. The Morgan fingerprint density at radius 2 is 2.05 bits per heavy atom. The van der Waals surface area contributed by atoms with Gasteiger partial charge in [-0.1, -0.05) is 32.3 Å². The second-order valence-electron chi connectivity index (χ2n) is 5.46. The third kappa shape index (κ3) is 3.96. The van der Waals surface area contributed by atoms with E-state index < -0.39 is 0 Å². The Morgan fingerprint density at radius 3 is 2.68 bits per heavy atom. The van der Waals surface area contributed by atoms with Crippen molar-refractivity contribution >= 4 is 15.9 Å². The van der Waals surface area contributed by atoms with Crippen molar-refractivity contribution in [2.75, 3.05) is 6.61 Å². The van der Waals surface area contributed by atoms with Crippen LogP contribution in [-0.2, 0) is 0 Å². The lowest BCUT2D eigenvalue weighted by Crippen LogP contribution is -2.23. The molecule has 0 amide bonds. The fourth-order valence-corrected chi connectivity index (χ4v) is 3.33. The summed E-state index contributed by atoms with van der Waals surface area (Å²) in [6.45, 7) is 2.87. The lowest BCUT2D eigenvalue weighted by Gasteiger charge is -2.28. The molecule has 1 aromatic rings. The number of rotatable bonds is 5. The van der Waals surface area contributed by atoms with Gasteiger partial charge in [-0.3, -0.25) is 0 Å². The number of hydrogen-bond acceptors (Lipinski definition) is 2. The van der Waals surface area contributed by atoms with E-state index in [1.54, 1.807) is 0 Å². The van der Waals surface area contributed by atoms with Gasteiger partial charge in [0, 0.05) is 6.04 Å². The van der Waals surface area contributed by atoms with Crippen molar-refractivity contribution in [3.8, 4) is 5.75 Å². The van der Waals surface area contributed by atoms with E-state index in [0.717, 1.165) is 23.2 Å². The number of benzene rings is 1. The summed E-state index contributed by atoms with van der Waals surface area (Å²) in [6.07, 6.45) is 7.60. The molecule has 2 N–H and O–H groups in total. The zero-order valence-electron chi connectivity index (χ0n) is 11.7. The van der Waals surface area contributed by atoms with Crippen LogP contribution in [0.25, 0.3) is 0 Å². The first-order valence-electron chi connectivity index (χ1n) is 7.40. The van der Waals surface area contributed by atoms with Crippen molar-refractivity contribution in [3.63, 3.8) is 0 Å². The summed E-state index contributed by atoms with van der Waals surface area (Å²) in [5.41, 5.74) is 7.65. The molecule has 2 nitrogen and oxygen atoms in total. The molecule has 1 aromatic carbocycles. The molecule has 0 saturated heterocycles. The van der Waals surface area contributed by atoms with Crippen LogP contribution in [0.15, 0.2) is 22.7 Å². The largest absolute Gasteiger partial charge is 0.492 e. The minimum atomic E-state index is 0.164. The van der Waals surface area contributed by atoms with Crippen molar-refractivity contribution in [1.29, 1.82) is 0 Å². The van der Waals surface area contributed by atoms with E-state index in [-0.39, 0.29) is 6.04 Å². The molecule has 1 atom stereocenters. The van der Waals surface area contributed by atoms with Gasteiger partial charge in [0.15, 0.2) is 0 Å². The molecule has 19 heavy (non-hydrogen) atoms.